The van der Waals surface area contributed by atoms with Crippen LogP contribution >= 0.6 is 0 Å². The first-order valence-electron chi connectivity index (χ1n) is 3.97. The van der Waals surface area contributed by atoms with E-state index in [1.165, 1.54) is 7.11 Å². The highest BCUT2D eigenvalue weighted by molar-refractivity contribution is 5.82. The van der Waals surface area contributed by atoms with E-state index >= 15 is 0 Å². The Morgan fingerprint density at radius 2 is 2.00 bits per heavy atom. The molecule has 0 aliphatic rings. The van der Waals surface area contributed by atoms with Gasteiger partial charge in [-0.25, -0.2) is 0 Å². The van der Waals surface area contributed by atoms with Gasteiger partial charge in [0.25, 0.3) is 0 Å². The van der Waals surface area contributed by atoms with Gasteiger partial charge in [0.05, 0.1) is 7.11 Å². The predicted molar refractivity (Wildman–Crippen MR) is 47.9 cm³/mol. The lowest BCUT2D eigenvalue weighted by molar-refractivity contribution is -0.141. The number of hydrogen-bond acceptors (Lipinski definition) is 4. The lowest BCUT2D eigenvalue weighted by Gasteiger charge is -2.17. The van der Waals surface area contributed by atoms with Gasteiger partial charge in [0.1, 0.15) is 6.54 Å². The van der Waals surface area contributed by atoms with Crippen LogP contribution in [0.1, 0.15) is 20.3 Å². The van der Waals surface area contributed by atoms with Crippen LogP contribution < -0.4 is 11.1 Å². The molecule has 1 amide bonds. The highest BCUT2D eigenvalue weighted by Crippen LogP contribution is 2.01. The second-order valence-corrected chi connectivity index (χ2v) is 3.52. The highest BCUT2D eigenvalue weighted by atomic mass is 16.5. The Balaban J connectivity index is 3.71. The molecule has 0 unspecified atom stereocenters. The Morgan fingerprint density at radius 3 is 2.38 bits per heavy atom. The molecule has 0 aromatic rings. The van der Waals surface area contributed by atoms with Crippen molar-refractivity contribution in [3.63, 3.8) is 0 Å². The number of nitrogens with two attached hydrogens (primary N) is 1. The van der Waals surface area contributed by atoms with Gasteiger partial charge in [-0.2, -0.15) is 0 Å². The Labute approximate surface area is 77.6 Å². The van der Waals surface area contributed by atoms with E-state index in [2.05, 4.69) is 10.1 Å². The molecular weight excluding hydrogens is 172 g/mol. The van der Waals surface area contributed by atoms with Crippen molar-refractivity contribution in [3.05, 3.63) is 0 Å². The maximum absolute atomic E-state index is 11.1. The maximum atomic E-state index is 11.1. The topological polar surface area (TPSA) is 81.4 Å². The number of amides is 1. The molecule has 5 heteroatoms. The maximum Gasteiger partial charge on any atom is 0.325 e. The fraction of sp³-hybridized carbons (Fsp3) is 0.750. The summed E-state index contributed by atoms with van der Waals surface area (Å²) in [4.78, 5) is 21.7. The zero-order chi connectivity index (χ0) is 10.5. The quantitative estimate of drug-likeness (QED) is 0.577. The summed E-state index contributed by atoms with van der Waals surface area (Å²) < 4.78 is 4.35. The summed E-state index contributed by atoms with van der Waals surface area (Å²) in [5, 5.41) is 2.40. The van der Waals surface area contributed by atoms with Crippen LogP contribution in [0, 0.1) is 0 Å². The molecule has 76 valence electrons. The molecule has 0 aliphatic heterocycles. The first-order valence-corrected chi connectivity index (χ1v) is 3.97. The Kier molecular flexibility index (Phi) is 4.40. The summed E-state index contributed by atoms with van der Waals surface area (Å²) in [7, 11) is 1.27. The molecule has 0 rings (SSSR count). The number of rotatable bonds is 4. The number of esters is 1. The molecule has 0 radical (unpaired) electrons. The van der Waals surface area contributed by atoms with Crippen molar-refractivity contribution < 1.29 is 14.3 Å². The van der Waals surface area contributed by atoms with Crippen LogP contribution in [0.3, 0.4) is 0 Å². The Hall–Kier alpha value is -1.10. The third-order valence-corrected chi connectivity index (χ3v) is 1.27. The van der Waals surface area contributed by atoms with Crippen LogP contribution in [-0.4, -0.2) is 31.1 Å². The number of ether oxygens (including phenoxy) is 1. The van der Waals surface area contributed by atoms with Gasteiger partial charge in [-0.3, -0.25) is 9.59 Å². The van der Waals surface area contributed by atoms with Crippen LogP contribution in [0.25, 0.3) is 0 Å². The number of nitrogens with one attached hydrogen (secondary N) is 1. The van der Waals surface area contributed by atoms with E-state index in [0.29, 0.717) is 0 Å². The zero-order valence-corrected chi connectivity index (χ0v) is 8.22. The van der Waals surface area contributed by atoms with Gasteiger partial charge in [-0.15, -0.1) is 0 Å². The molecule has 5 nitrogen and oxygen atoms in total. The van der Waals surface area contributed by atoms with Gasteiger partial charge in [-0.1, -0.05) is 0 Å². The largest absolute Gasteiger partial charge is 0.468 e. The molecule has 0 aromatic heterocycles. The summed E-state index contributed by atoms with van der Waals surface area (Å²) in [5.41, 5.74) is 5.04. The van der Waals surface area contributed by atoms with Crippen LogP contribution in [0.5, 0.6) is 0 Å². The van der Waals surface area contributed by atoms with Crippen LogP contribution in [-0.2, 0) is 14.3 Å². The van der Waals surface area contributed by atoms with E-state index in [1.807, 2.05) is 0 Å². The fourth-order valence-electron chi connectivity index (χ4n) is 0.719. The van der Waals surface area contributed by atoms with Gasteiger partial charge < -0.3 is 15.8 Å². The second kappa shape index (κ2) is 4.81. The fourth-order valence-corrected chi connectivity index (χ4v) is 0.719. The minimum Gasteiger partial charge on any atom is -0.468 e. The van der Waals surface area contributed by atoms with Crippen molar-refractivity contribution in [2.24, 2.45) is 5.73 Å². The van der Waals surface area contributed by atoms with Gasteiger partial charge in [0, 0.05) is 12.0 Å². The average molecular weight is 188 g/mol. The molecule has 0 heterocycles. The molecule has 0 spiro atoms. The highest BCUT2D eigenvalue weighted by Gasteiger charge is 2.16. The summed E-state index contributed by atoms with van der Waals surface area (Å²) >= 11 is 0. The SMILES string of the molecule is COC(=O)CNC(=O)CC(C)(C)N. The molecule has 0 aromatic carbocycles. The Bertz CT molecular complexity index is 196. The summed E-state index contributed by atoms with van der Waals surface area (Å²) in [6.07, 6.45) is 0.185. The molecular formula is C8H16N2O3. The average Bonchev–Trinajstić information content (AvgIpc) is 1.97. The molecule has 0 saturated heterocycles. The predicted octanol–water partition coefficient (Wildman–Crippen LogP) is -0.597. The first kappa shape index (κ1) is 11.9. The second-order valence-electron chi connectivity index (χ2n) is 3.52. The van der Waals surface area contributed by atoms with Crippen molar-refractivity contribution in [2.45, 2.75) is 25.8 Å². The van der Waals surface area contributed by atoms with E-state index < -0.39 is 11.5 Å². The third-order valence-electron chi connectivity index (χ3n) is 1.27. The minimum atomic E-state index is -0.555. The molecule has 0 saturated carbocycles. The smallest absolute Gasteiger partial charge is 0.325 e. The molecule has 0 aliphatic carbocycles. The minimum absolute atomic E-state index is 0.106. The summed E-state index contributed by atoms with van der Waals surface area (Å²) in [6.45, 7) is 3.38. The monoisotopic (exact) mass is 188 g/mol. The van der Waals surface area contributed by atoms with E-state index in [0.717, 1.165) is 0 Å². The van der Waals surface area contributed by atoms with Gasteiger partial charge in [0.2, 0.25) is 5.91 Å². The van der Waals surface area contributed by atoms with Crippen molar-refractivity contribution in [1.29, 1.82) is 0 Å². The molecule has 0 bridgehead atoms. The molecule has 0 fully saturated rings. The number of hydrogen-bond donors (Lipinski definition) is 2. The van der Waals surface area contributed by atoms with Gasteiger partial charge in [-0.05, 0) is 13.8 Å². The van der Waals surface area contributed by atoms with Gasteiger partial charge in [0.15, 0.2) is 0 Å². The number of carbonyl (C=O) groups excluding carboxylic acids is 2. The third kappa shape index (κ3) is 7.27. The number of carbonyl (C=O) groups is 2. The lowest BCUT2D eigenvalue weighted by atomic mass is 10.0. The van der Waals surface area contributed by atoms with Crippen molar-refractivity contribution in [2.75, 3.05) is 13.7 Å². The van der Waals surface area contributed by atoms with Gasteiger partial charge >= 0.3 is 5.97 Å². The Morgan fingerprint density at radius 1 is 1.46 bits per heavy atom. The van der Waals surface area contributed by atoms with Crippen molar-refractivity contribution in [1.82, 2.24) is 5.32 Å². The van der Waals surface area contributed by atoms with E-state index in [1.54, 1.807) is 13.8 Å². The van der Waals surface area contributed by atoms with E-state index in [9.17, 15) is 9.59 Å². The number of methoxy groups -OCH3 is 1. The molecule has 0 atom stereocenters. The van der Waals surface area contributed by atoms with Crippen molar-refractivity contribution in [3.8, 4) is 0 Å². The molecule has 13 heavy (non-hydrogen) atoms. The standard InChI is InChI=1S/C8H16N2O3/c1-8(2,9)4-6(11)10-5-7(12)13-3/h4-5,9H2,1-3H3,(H,10,11). The van der Waals surface area contributed by atoms with E-state index in [4.69, 9.17) is 5.73 Å². The normalized spacial score (nSPS) is 10.8. The van der Waals surface area contributed by atoms with Crippen LogP contribution in [0.2, 0.25) is 0 Å². The molecule has 3 N–H and O–H groups in total. The van der Waals surface area contributed by atoms with Crippen molar-refractivity contribution >= 4 is 11.9 Å². The van der Waals surface area contributed by atoms with Crippen LogP contribution in [0.4, 0.5) is 0 Å². The lowest BCUT2D eigenvalue weighted by Crippen LogP contribution is -2.40. The summed E-state index contributed by atoms with van der Waals surface area (Å²) in [6, 6.07) is 0. The van der Waals surface area contributed by atoms with Crippen LogP contribution in [0.15, 0.2) is 0 Å². The zero-order valence-electron chi connectivity index (χ0n) is 8.22. The summed E-state index contributed by atoms with van der Waals surface area (Å²) in [5.74, 6) is -0.721. The van der Waals surface area contributed by atoms with E-state index in [-0.39, 0.29) is 18.9 Å². The first-order chi connectivity index (χ1) is 5.85.